The number of rotatable bonds is 2. The van der Waals surface area contributed by atoms with Gasteiger partial charge in [0.05, 0.1) is 11.9 Å². The molecule has 30 heavy (non-hydrogen) atoms. The molecule has 0 aliphatic heterocycles. The number of ether oxygens (including phenoxy) is 2. The molecule has 6 nitrogen and oxygen atoms in total. The molecule has 0 amide bonds. The SMILES string of the molecule is CC(=O)O[C@H]1CC(C)(C)[C@@]2(O)CC[C@H]3[C@@H](C)c4ccoc4C[C@@H]3[C@@]2(C)[C@H]1OC(C)=O. The number of hydrogen-bond acceptors (Lipinski definition) is 6. The van der Waals surface area contributed by atoms with Gasteiger partial charge in [-0.3, -0.25) is 9.59 Å². The van der Waals surface area contributed by atoms with E-state index in [4.69, 9.17) is 13.9 Å². The molecule has 0 unspecified atom stereocenters. The van der Waals surface area contributed by atoms with Crippen LogP contribution in [0.2, 0.25) is 0 Å². The van der Waals surface area contributed by atoms with E-state index in [2.05, 4.69) is 13.0 Å². The molecule has 0 saturated heterocycles. The van der Waals surface area contributed by atoms with Crippen LogP contribution in [-0.4, -0.2) is 34.9 Å². The molecule has 1 heterocycles. The van der Waals surface area contributed by atoms with Crippen LogP contribution < -0.4 is 0 Å². The lowest BCUT2D eigenvalue weighted by molar-refractivity contribution is -0.303. The number of aliphatic hydroxyl groups is 1. The Morgan fingerprint density at radius 1 is 1.17 bits per heavy atom. The first-order valence-electron chi connectivity index (χ1n) is 11.1. The summed E-state index contributed by atoms with van der Waals surface area (Å²) in [5.74, 6) is 0.763. The Bertz CT molecular complexity index is 856. The van der Waals surface area contributed by atoms with E-state index in [0.717, 1.165) is 12.2 Å². The third-order valence-corrected chi connectivity index (χ3v) is 8.71. The van der Waals surface area contributed by atoms with Gasteiger partial charge in [-0.05, 0) is 54.1 Å². The van der Waals surface area contributed by atoms with Crippen LogP contribution in [0.4, 0.5) is 0 Å². The molecule has 3 aliphatic rings. The fourth-order valence-corrected chi connectivity index (χ4v) is 7.28. The number of fused-ring (bicyclic) bond motifs is 4. The summed E-state index contributed by atoms with van der Waals surface area (Å²) in [6.07, 6.45) is 3.07. The van der Waals surface area contributed by atoms with Gasteiger partial charge in [0.25, 0.3) is 0 Å². The van der Waals surface area contributed by atoms with E-state index >= 15 is 0 Å². The standard InChI is InChI=1S/C24H34O6/c1-13-16-7-9-24(27)22(4,5)12-20(29-14(2)25)21(30-15(3)26)23(24,6)18(16)11-19-17(13)8-10-28-19/h8,10,13,16,18,20-21,27H,7,9,11-12H2,1-6H3/t13-,16+,18+,20+,21+,23+,24+/m1/s1. The van der Waals surface area contributed by atoms with Crippen molar-refractivity contribution in [2.24, 2.45) is 22.7 Å². The van der Waals surface area contributed by atoms with E-state index in [-0.39, 0.29) is 11.8 Å². The minimum absolute atomic E-state index is 0.0342. The highest BCUT2D eigenvalue weighted by Crippen LogP contribution is 2.67. The van der Waals surface area contributed by atoms with Gasteiger partial charge >= 0.3 is 11.9 Å². The normalized spacial score (nSPS) is 41.8. The number of carbonyl (C=O) groups is 2. The quantitative estimate of drug-likeness (QED) is 0.731. The van der Waals surface area contributed by atoms with Crippen molar-refractivity contribution < 1.29 is 28.6 Å². The third-order valence-electron chi connectivity index (χ3n) is 8.71. The van der Waals surface area contributed by atoms with Crippen molar-refractivity contribution in [3.63, 3.8) is 0 Å². The Labute approximate surface area is 178 Å². The van der Waals surface area contributed by atoms with Crippen molar-refractivity contribution in [3.05, 3.63) is 23.7 Å². The first kappa shape index (κ1) is 21.4. The molecular formula is C24H34O6. The molecule has 4 rings (SSSR count). The lowest BCUT2D eigenvalue weighted by atomic mass is 9.40. The molecule has 3 aliphatic carbocycles. The summed E-state index contributed by atoms with van der Waals surface area (Å²) in [6, 6.07) is 2.05. The Morgan fingerprint density at radius 3 is 2.47 bits per heavy atom. The van der Waals surface area contributed by atoms with Crippen molar-refractivity contribution in [1.82, 2.24) is 0 Å². The molecule has 1 aromatic heterocycles. The number of furan rings is 1. The van der Waals surface area contributed by atoms with E-state index in [0.29, 0.717) is 25.2 Å². The Kier molecular flexibility index (Phi) is 4.88. The van der Waals surface area contributed by atoms with Gasteiger partial charge in [-0.1, -0.05) is 27.7 Å². The summed E-state index contributed by atoms with van der Waals surface area (Å²) in [5, 5.41) is 12.3. The summed E-state index contributed by atoms with van der Waals surface area (Å²) in [7, 11) is 0. The smallest absolute Gasteiger partial charge is 0.303 e. The first-order valence-corrected chi connectivity index (χ1v) is 11.1. The van der Waals surface area contributed by atoms with Crippen LogP contribution in [0.5, 0.6) is 0 Å². The summed E-state index contributed by atoms with van der Waals surface area (Å²) < 4.78 is 17.4. The summed E-state index contributed by atoms with van der Waals surface area (Å²) in [5.41, 5.74) is -1.14. The molecule has 0 spiro atoms. The summed E-state index contributed by atoms with van der Waals surface area (Å²) in [4.78, 5) is 24.1. The fourth-order valence-electron chi connectivity index (χ4n) is 7.28. The maximum Gasteiger partial charge on any atom is 0.303 e. The molecule has 166 valence electrons. The van der Waals surface area contributed by atoms with Gasteiger partial charge in [-0.25, -0.2) is 0 Å². The molecule has 1 aromatic rings. The molecule has 2 fully saturated rings. The highest BCUT2D eigenvalue weighted by molar-refractivity contribution is 5.67. The second-order valence-electron chi connectivity index (χ2n) is 10.5. The van der Waals surface area contributed by atoms with Crippen LogP contribution in [0.3, 0.4) is 0 Å². The Balaban J connectivity index is 1.88. The van der Waals surface area contributed by atoms with Crippen molar-refractivity contribution in [2.75, 3.05) is 0 Å². The topological polar surface area (TPSA) is 86.0 Å². The molecule has 0 aromatic carbocycles. The van der Waals surface area contributed by atoms with Gasteiger partial charge in [0, 0.05) is 25.7 Å². The number of esters is 2. The molecule has 0 radical (unpaired) electrons. The van der Waals surface area contributed by atoms with Gasteiger partial charge in [0.15, 0.2) is 0 Å². The van der Waals surface area contributed by atoms with Crippen LogP contribution in [-0.2, 0) is 25.5 Å². The zero-order chi connectivity index (χ0) is 22.1. The molecule has 6 heteroatoms. The largest absolute Gasteiger partial charge is 0.469 e. The summed E-state index contributed by atoms with van der Waals surface area (Å²) >= 11 is 0. The lowest BCUT2D eigenvalue weighted by Crippen LogP contribution is -2.74. The monoisotopic (exact) mass is 418 g/mol. The van der Waals surface area contributed by atoms with Crippen molar-refractivity contribution in [3.8, 4) is 0 Å². The van der Waals surface area contributed by atoms with E-state index in [9.17, 15) is 14.7 Å². The van der Waals surface area contributed by atoms with Crippen LogP contribution in [0.25, 0.3) is 0 Å². The number of hydrogen-bond donors (Lipinski definition) is 1. The zero-order valence-electron chi connectivity index (χ0n) is 18.9. The molecule has 2 saturated carbocycles. The average Bonchev–Trinajstić information content (AvgIpc) is 3.10. The molecular weight excluding hydrogens is 384 g/mol. The van der Waals surface area contributed by atoms with Crippen LogP contribution in [0.15, 0.2) is 16.7 Å². The van der Waals surface area contributed by atoms with Gasteiger partial charge in [0.1, 0.15) is 18.0 Å². The van der Waals surface area contributed by atoms with Gasteiger partial charge in [-0.15, -0.1) is 0 Å². The summed E-state index contributed by atoms with van der Waals surface area (Å²) in [6.45, 7) is 11.1. The minimum Gasteiger partial charge on any atom is -0.469 e. The predicted octanol–water partition coefficient (Wildman–Crippen LogP) is 4.00. The molecule has 7 atom stereocenters. The van der Waals surface area contributed by atoms with E-state index < -0.39 is 40.6 Å². The molecule has 0 bridgehead atoms. The van der Waals surface area contributed by atoms with Gasteiger partial charge in [-0.2, -0.15) is 0 Å². The predicted molar refractivity (Wildman–Crippen MR) is 110 cm³/mol. The van der Waals surface area contributed by atoms with Crippen LogP contribution >= 0.6 is 0 Å². The van der Waals surface area contributed by atoms with Gasteiger partial charge in [0.2, 0.25) is 0 Å². The second kappa shape index (κ2) is 6.84. The maximum absolute atomic E-state index is 12.3. The van der Waals surface area contributed by atoms with Crippen LogP contribution in [0, 0.1) is 22.7 Å². The van der Waals surface area contributed by atoms with Crippen molar-refractivity contribution in [1.29, 1.82) is 0 Å². The zero-order valence-corrected chi connectivity index (χ0v) is 18.9. The highest BCUT2D eigenvalue weighted by Gasteiger charge is 2.72. The fraction of sp³-hybridized carbons (Fsp3) is 0.750. The Hall–Kier alpha value is -1.82. The van der Waals surface area contributed by atoms with Gasteiger partial charge < -0.3 is 19.0 Å². The lowest BCUT2D eigenvalue weighted by Gasteiger charge is -2.68. The second-order valence-corrected chi connectivity index (χ2v) is 10.5. The third kappa shape index (κ3) is 2.79. The maximum atomic E-state index is 12.3. The minimum atomic E-state index is -1.07. The van der Waals surface area contributed by atoms with E-state index in [1.165, 1.54) is 19.4 Å². The van der Waals surface area contributed by atoms with E-state index in [1.807, 2.05) is 20.8 Å². The first-order chi connectivity index (χ1) is 13.9. The molecule has 1 N–H and O–H groups in total. The number of carbonyl (C=O) groups excluding carboxylic acids is 2. The van der Waals surface area contributed by atoms with Crippen molar-refractivity contribution in [2.45, 2.75) is 91.0 Å². The highest BCUT2D eigenvalue weighted by atomic mass is 16.6. The Morgan fingerprint density at radius 2 is 1.83 bits per heavy atom. The van der Waals surface area contributed by atoms with Crippen LogP contribution in [0.1, 0.15) is 78.0 Å². The van der Waals surface area contributed by atoms with Crippen molar-refractivity contribution >= 4 is 11.9 Å². The van der Waals surface area contributed by atoms with E-state index in [1.54, 1.807) is 6.26 Å². The average molecular weight is 419 g/mol.